The van der Waals surface area contributed by atoms with Crippen molar-refractivity contribution < 1.29 is 14.6 Å². The van der Waals surface area contributed by atoms with Gasteiger partial charge in [-0.05, 0) is 24.5 Å². The molecule has 0 amide bonds. The van der Waals surface area contributed by atoms with Crippen LogP contribution in [0.4, 0.5) is 0 Å². The molecule has 1 aromatic carbocycles. The average molecular weight is 288 g/mol. The second-order valence-electron chi connectivity index (χ2n) is 4.97. The summed E-state index contributed by atoms with van der Waals surface area (Å²) >= 11 is 0. The number of carbonyl (C=O) groups is 1. The summed E-state index contributed by atoms with van der Waals surface area (Å²) < 4.78 is 7.18. The smallest absolute Gasteiger partial charge is 0.305 e. The molecular weight excluding hydrogens is 268 g/mol. The molecule has 112 valence electrons. The minimum atomic E-state index is -0.830. The van der Waals surface area contributed by atoms with Crippen molar-refractivity contribution in [3.8, 4) is 11.1 Å². The zero-order valence-corrected chi connectivity index (χ0v) is 12.4. The fraction of sp³-hybridized carbons (Fsp3) is 0.375. The molecule has 1 aromatic heterocycles. The Hall–Kier alpha value is -2.14. The van der Waals surface area contributed by atoms with Gasteiger partial charge in [0, 0.05) is 18.3 Å². The summed E-state index contributed by atoms with van der Waals surface area (Å²) in [6.45, 7) is 2.84. The van der Waals surface area contributed by atoms with E-state index >= 15 is 0 Å². The Morgan fingerprint density at radius 2 is 2.19 bits per heavy atom. The number of aliphatic carboxylic acids is 1. The summed E-state index contributed by atoms with van der Waals surface area (Å²) in [5, 5.41) is 12.8. The molecule has 0 saturated heterocycles. The lowest BCUT2D eigenvalue weighted by molar-refractivity contribution is -0.138. The third kappa shape index (κ3) is 4.16. The Bertz CT molecular complexity index is 620. The molecule has 0 atom stereocenters. The van der Waals surface area contributed by atoms with Crippen LogP contribution in [0.1, 0.15) is 17.7 Å². The van der Waals surface area contributed by atoms with Gasteiger partial charge >= 0.3 is 5.97 Å². The highest BCUT2D eigenvalue weighted by molar-refractivity contribution is 5.66. The Kier molecular flexibility index (Phi) is 5.11. The summed E-state index contributed by atoms with van der Waals surface area (Å²) in [5.41, 5.74) is 4.57. The van der Waals surface area contributed by atoms with Crippen LogP contribution in [0.5, 0.6) is 0 Å². The van der Waals surface area contributed by atoms with Gasteiger partial charge in [-0.2, -0.15) is 5.10 Å². The molecule has 0 aliphatic rings. The number of hydrogen-bond donors (Lipinski definition) is 1. The number of carboxylic acid groups (broad SMARTS) is 1. The van der Waals surface area contributed by atoms with E-state index in [4.69, 9.17) is 9.84 Å². The first-order valence-corrected chi connectivity index (χ1v) is 6.95. The maximum Gasteiger partial charge on any atom is 0.305 e. The number of ether oxygens (including phenoxy) is 1. The second-order valence-corrected chi connectivity index (χ2v) is 4.97. The highest BCUT2D eigenvalue weighted by Gasteiger charge is 2.07. The van der Waals surface area contributed by atoms with E-state index in [0.717, 1.165) is 23.2 Å². The molecule has 0 saturated carbocycles. The van der Waals surface area contributed by atoms with Gasteiger partial charge in [-0.15, -0.1) is 0 Å². The summed E-state index contributed by atoms with van der Waals surface area (Å²) in [5.74, 6) is -0.830. The summed E-state index contributed by atoms with van der Waals surface area (Å²) in [6.07, 6.45) is 2.69. The van der Waals surface area contributed by atoms with Gasteiger partial charge in [0.2, 0.25) is 0 Å². The molecule has 0 radical (unpaired) electrons. The van der Waals surface area contributed by atoms with E-state index in [-0.39, 0.29) is 13.0 Å². The van der Waals surface area contributed by atoms with Crippen LogP contribution in [0, 0.1) is 6.92 Å². The Labute approximate surface area is 124 Å². The minimum absolute atomic E-state index is 0.0505. The van der Waals surface area contributed by atoms with Gasteiger partial charge in [0.05, 0.1) is 25.8 Å². The van der Waals surface area contributed by atoms with E-state index < -0.39 is 5.97 Å². The van der Waals surface area contributed by atoms with Crippen molar-refractivity contribution in [1.29, 1.82) is 0 Å². The number of aromatic nitrogens is 2. The molecule has 5 heteroatoms. The standard InChI is InChI=1S/C16H20N2O3/c1-12-15(11-17-18(12)2)14-5-3-4-13(10-14)6-8-21-9-7-16(19)20/h3-5,10-11H,6-9H2,1-2H3,(H,19,20). The lowest BCUT2D eigenvalue weighted by Gasteiger charge is -2.06. The SMILES string of the molecule is Cc1c(-c2cccc(CCOCCC(=O)O)c2)cnn1C. The molecular formula is C16H20N2O3. The molecule has 0 spiro atoms. The van der Waals surface area contributed by atoms with E-state index in [2.05, 4.69) is 23.3 Å². The molecule has 2 aromatic rings. The van der Waals surface area contributed by atoms with Crippen LogP contribution in [0.15, 0.2) is 30.5 Å². The maximum atomic E-state index is 10.4. The van der Waals surface area contributed by atoms with Crippen LogP contribution < -0.4 is 0 Å². The van der Waals surface area contributed by atoms with Gasteiger partial charge in [-0.1, -0.05) is 24.3 Å². The quantitative estimate of drug-likeness (QED) is 0.795. The Morgan fingerprint density at radius 3 is 2.86 bits per heavy atom. The molecule has 0 bridgehead atoms. The molecule has 21 heavy (non-hydrogen) atoms. The lowest BCUT2D eigenvalue weighted by Crippen LogP contribution is -2.05. The topological polar surface area (TPSA) is 64.3 Å². The van der Waals surface area contributed by atoms with Gasteiger partial charge in [0.15, 0.2) is 0 Å². The molecule has 0 unspecified atom stereocenters. The number of nitrogens with zero attached hydrogens (tertiary/aromatic N) is 2. The second kappa shape index (κ2) is 7.04. The molecule has 2 rings (SSSR count). The van der Waals surface area contributed by atoms with Crippen LogP contribution in [0.3, 0.4) is 0 Å². The number of benzene rings is 1. The number of hydrogen-bond acceptors (Lipinski definition) is 3. The molecule has 0 fully saturated rings. The van der Waals surface area contributed by atoms with Crippen molar-refractivity contribution in [2.45, 2.75) is 19.8 Å². The normalized spacial score (nSPS) is 10.8. The van der Waals surface area contributed by atoms with Crippen molar-refractivity contribution in [1.82, 2.24) is 9.78 Å². The predicted molar refractivity (Wildman–Crippen MR) is 80.2 cm³/mol. The lowest BCUT2D eigenvalue weighted by atomic mass is 10.0. The predicted octanol–water partition coefficient (Wildman–Crippen LogP) is 2.43. The largest absolute Gasteiger partial charge is 0.481 e. The Balaban J connectivity index is 1.95. The first-order valence-electron chi connectivity index (χ1n) is 6.95. The van der Waals surface area contributed by atoms with Crippen LogP contribution in [0.2, 0.25) is 0 Å². The molecule has 1 heterocycles. The highest BCUT2D eigenvalue weighted by Crippen LogP contribution is 2.23. The van der Waals surface area contributed by atoms with E-state index in [9.17, 15) is 4.79 Å². The molecule has 0 aliphatic carbocycles. The zero-order chi connectivity index (χ0) is 15.2. The van der Waals surface area contributed by atoms with Gasteiger partial charge < -0.3 is 9.84 Å². The van der Waals surface area contributed by atoms with Crippen molar-refractivity contribution in [2.24, 2.45) is 7.05 Å². The first kappa shape index (κ1) is 15.3. The fourth-order valence-corrected chi connectivity index (χ4v) is 2.13. The number of carboxylic acids is 1. The highest BCUT2D eigenvalue weighted by atomic mass is 16.5. The fourth-order valence-electron chi connectivity index (χ4n) is 2.13. The monoisotopic (exact) mass is 288 g/mol. The van der Waals surface area contributed by atoms with Crippen molar-refractivity contribution in [3.63, 3.8) is 0 Å². The maximum absolute atomic E-state index is 10.4. The third-order valence-electron chi connectivity index (χ3n) is 3.47. The zero-order valence-electron chi connectivity index (χ0n) is 12.4. The van der Waals surface area contributed by atoms with Crippen molar-refractivity contribution in [3.05, 3.63) is 41.7 Å². The van der Waals surface area contributed by atoms with Gasteiger partial charge in [0.1, 0.15) is 0 Å². The van der Waals surface area contributed by atoms with Gasteiger partial charge in [-0.3, -0.25) is 9.48 Å². The minimum Gasteiger partial charge on any atom is -0.481 e. The van der Waals surface area contributed by atoms with E-state index in [1.165, 1.54) is 5.56 Å². The first-order chi connectivity index (χ1) is 10.1. The number of aryl methyl sites for hydroxylation is 1. The molecule has 0 aliphatic heterocycles. The third-order valence-corrected chi connectivity index (χ3v) is 3.47. The average Bonchev–Trinajstić information content (AvgIpc) is 2.79. The molecule has 1 N–H and O–H groups in total. The summed E-state index contributed by atoms with van der Waals surface area (Å²) in [4.78, 5) is 10.4. The van der Waals surface area contributed by atoms with Gasteiger partial charge in [-0.25, -0.2) is 0 Å². The van der Waals surface area contributed by atoms with E-state index in [1.54, 1.807) is 0 Å². The van der Waals surface area contributed by atoms with E-state index in [0.29, 0.717) is 6.61 Å². The van der Waals surface area contributed by atoms with Crippen LogP contribution >= 0.6 is 0 Å². The summed E-state index contributed by atoms with van der Waals surface area (Å²) in [7, 11) is 1.93. The van der Waals surface area contributed by atoms with Crippen LogP contribution in [0.25, 0.3) is 11.1 Å². The van der Waals surface area contributed by atoms with Gasteiger partial charge in [0.25, 0.3) is 0 Å². The van der Waals surface area contributed by atoms with Crippen molar-refractivity contribution in [2.75, 3.05) is 13.2 Å². The molecule has 5 nitrogen and oxygen atoms in total. The van der Waals surface area contributed by atoms with E-state index in [1.807, 2.05) is 30.9 Å². The van der Waals surface area contributed by atoms with Crippen LogP contribution in [-0.4, -0.2) is 34.1 Å². The summed E-state index contributed by atoms with van der Waals surface area (Å²) in [6, 6.07) is 8.27. The van der Waals surface area contributed by atoms with Crippen LogP contribution in [-0.2, 0) is 23.0 Å². The Morgan fingerprint density at radius 1 is 1.38 bits per heavy atom. The number of rotatable bonds is 7. The van der Waals surface area contributed by atoms with Crippen molar-refractivity contribution >= 4 is 5.97 Å².